The van der Waals surface area contributed by atoms with E-state index in [0.717, 1.165) is 32.2 Å². The molecule has 8 nitrogen and oxygen atoms in total. The summed E-state index contributed by atoms with van der Waals surface area (Å²) in [6, 6.07) is 6.34. The van der Waals surface area contributed by atoms with Crippen LogP contribution in [0.5, 0.6) is 0 Å². The molecule has 2 aromatic rings. The number of hydrogen-bond donors (Lipinski definition) is 0. The summed E-state index contributed by atoms with van der Waals surface area (Å²) in [7, 11) is -1.74. The minimum Gasteiger partial charge on any atom is -0.371 e. The molecule has 1 aromatic carbocycles. The average Bonchev–Trinajstić information content (AvgIpc) is 2.99. The van der Waals surface area contributed by atoms with Crippen molar-refractivity contribution in [3.05, 3.63) is 46.3 Å². The molecule has 0 unspecified atom stereocenters. The summed E-state index contributed by atoms with van der Waals surface area (Å²) in [5.41, 5.74) is 1.52. The van der Waals surface area contributed by atoms with Gasteiger partial charge in [-0.2, -0.15) is 5.10 Å². The number of nitro groups is 1. The molecule has 0 spiro atoms. The van der Waals surface area contributed by atoms with Crippen LogP contribution in [0.15, 0.2) is 35.4 Å². The van der Waals surface area contributed by atoms with Gasteiger partial charge in [-0.25, -0.2) is 8.42 Å². The van der Waals surface area contributed by atoms with Gasteiger partial charge in [0.25, 0.3) is 5.69 Å². The van der Waals surface area contributed by atoms with Crippen LogP contribution >= 0.6 is 0 Å². The molecule has 1 fully saturated rings. The highest BCUT2D eigenvalue weighted by atomic mass is 32.2. The molecule has 0 aliphatic carbocycles. The van der Waals surface area contributed by atoms with Gasteiger partial charge in [0.1, 0.15) is 4.90 Å². The number of aryl methyl sites for hydroxylation is 1. The van der Waals surface area contributed by atoms with E-state index in [4.69, 9.17) is 0 Å². The summed E-state index contributed by atoms with van der Waals surface area (Å²) in [6.45, 7) is 1.52. The number of anilines is 1. The minimum absolute atomic E-state index is 0.233. The third-order valence-electron chi connectivity index (χ3n) is 4.68. The Kier molecular flexibility index (Phi) is 4.51. The van der Waals surface area contributed by atoms with E-state index in [0.29, 0.717) is 11.6 Å². The smallest absolute Gasteiger partial charge is 0.288 e. The largest absolute Gasteiger partial charge is 0.371 e. The van der Waals surface area contributed by atoms with Crippen molar-refractivity contribution < 1.29 is 13.3 Å². The zero-order valence-electron chi connectivity index (χ0n) is 14.1. The average molecular weight is 364 g/mol. The Morgan fingerprint density at radius 3 is 2.44 bits per heavy atom. The fourth-order valence-electron chi connectivity index (χ4n) is 3.37. The second-order valence-corrected chi connectivity index (χ2v) is 8.31. The SMILES string of the molecule is Cn1nccc1C1CCN(c2ccc([N+](=O)[O-])c(S(C)(=O)=O)c2)CC1. The van der Waals surface area contributed by atoms with Gasteiger partial charge in [-0.1, -0.05) is 0 Å². The molecule has 134 valence electrons. The summed E-state index contributed by atoms with van der Waals surface area (Å²) in [5, 5.41) is 15.3. The molecule has 3 rings (SSSR count). The predicted octanol–water partition coefficient (Wildman–Crippen LogP) is 2.12. The van der Waals surface area contributed by atoms with Crippen molar-refractivity contribution >= 4 is 21.2 Å². The van der Waals surface area contributed by atoms with Gasteiger partial charge in [-0.3, -0.25) is 14.8 Å². The van der Waals surface area contributed by atoms with E-state index in [-0.39, 0.29) is 10.6 Å². The lowest BCUT2D eigenvalue weighted by Crippen LogP contribution is -2.33. The van der Waals surface area contributed by atoms with Crippen LogP contribution in [0.3, 0.4) is 0 Å². The molecule has 0 atom stereocenters. The Bertz CT molecular complexity index is 899. The second kappa shape index (κ2) is 6.47. The van der Waals surface area contributed by atoms with Crippen molar-refractivity contribution in [2.75, 3.05) is 24.2 Å². The number of piperidine rings is 1. The Morgan fingerprint density at radius 1 is 1.24 bits per heavy atom. The molecular formula is C16H20N4O4S. The Labute approximate surface area is 146 Å². The Morgan fingerprint density at radius 2 is 1.92 bits per heavy atom. The first-order valence-electron chi connectivity index (χ1n) is 7.98. The number of hydrogen-bond acceptors (Lipinski definition) is 6. The molecule has 0 amide bonds. The van der Waals surface area contributed by atoms with Crippen LogP contribution < -0.4 is 4.90 Å². The lowest BCUT2D eigenvalue weighted by Gasteiger charge is -2.33. The van der Waals surface area contributed by atoms with E-state index in [1.807, 2.05) is 17.8 Å². The maximum Gasteiger partial charge on any atom is 0.288 e. The molecular weight excluding hydrogens is 344 g/mol. The van der Waals surface area contributed by atoms with Gasteiger partial charge in [0.05, 0.1) is 4.92 Å². The lowest BCUT2D eigenvalue weighted by molar-refractivity contribution is -0.387. The quantitative estimate of drug-likeness (QED) is 0.609. The van der Waals surface area contributed by atoms with Crippen molar-refractivity contribution in [2.24, 2.45) is 7.05 Å². The first-order valence-corrected chi connectivity index (χ1v) is 9.88. The van der Waals surface area contributed by atoms with Crippen molar-refractivity contribution in [3.8, 4) is 0 Å². The molecule has 0 N–H and O–H groups in total. The van der Waals surface area contributed by atoms with Crippen molar-refractivity contribution in [2.45, 2.75) is 23.7 Å². The van der Waals surface area contributed by atoms with Crippen LogP contribution in [0.25, 0.3) is 0 Å². The van der Waals surface area contributed by atoms with Crippen LogP contribution in [-0.4, -0.2) is 42.5 Å². The highest BCUT2D eigenvalue weighted by Crippen LogP contribution is 2.33. The third kappa shape index (κ3) is 3.51. The zero-order chi connectivity index (χ0) is 18.2. The van der Waals surface area contributed by atoms with Crippen LogP contribution in [-0.2, 0) is 16.9 Å². The molecule has 1 aliphatic rings. The van der Waals surface area contributed by atoms with Gasteiger partial charge in [0.15, 0.2) is 9.84 Å². The molecule has 1 aromatic heterocycles. The molecule has 0 saturated carbocycles. The summed E-state index contributed by atoms with van der Waals surface area (Å²) in [4.78, 5) is 12.3. The summed E-state index contributed by atoms with van der Waals surface area (Å²) >= 11 is 0. The third-order valence-corrected chi connectivity index (χ3v) is 5.80. The molecule has 1 aliphatic heterocycles. The number of nitro benzene ring substituents is 1. The normalized spacial score (nSPS) is 16.2. The highest BCUT2D eigenvalue weighted by molar-refractivity contribution is 7.90. The molecule has 9 heteroatoms. The van der Waals surface area contributed by atoms with Crippen LogP contribution in [0.4, 0.5) is 11.4 Å². The standard InChI is InChI=1S/C16H20N4O4S/c1-18-14(5-8-17-18)12-6-9-19(10-7-12)13-3-4-15(20(21)22)16(11-13)25(2,23)24/h3-5,8,11-12H,6-7,9-10H2,1-2H3. The Balaban J connectivity index is 1.82. The molecule has 0 bridgehead atoms. The maximum atomic E-state index is 11.9. The first kappa shape index (κ1) is 17.4. The van der Waals surface area contributed by atoms with E-state index in [1.165, 1.54) is 17.8 Å². The van der Waals surface area contributed by atoms with Crippen LogP contribution in [0.2, 0.25) is 0 Å². The maximum absolute atomic E-state index is 11.9. The number of nitrogens with zero attached hydrogens (tertiary/aromatic N) is 4. The fourth-order valence-corrected chi connectivity index (χ4v) is 4.22. The lowest BCUT2D eigenvalue weighted by atomic mass is 9.93. The highest BCUT2D eigenvalue weighted by Gasteiger charge is 2.26. The molecule has 1 saturated heterocycles. The molecule has 2 heterocycles. The Hall–Kier alpha value is -2.42. The number of benzene rings is 1. The molecule has 0 radical (unpaired) electrons. The van der Waals surface area contributed by atoms with Gasteiger partial charge in [-0.05, 0) is 31.0 Å². The zero-order valence-corrected chi connectivity index (χ0v) is 14.9. The van der Waals surface area contributed by atoms with E-state index < -0.39 is 14.8 Å². The van der Waals surface area contributed by atoms with Gasteiger partial charge >= 0.3 is 0 Å². The van der Waals surface area contributed by atoms with Crippen molar-refractivity contribution in [1.82, 2.24) is 9.78 Å². The van der Waals surface area contributed by atoms with Crippen molar-refractivity contribution in [3.63, 3.8) is 0 Å². The number of aromatic nitrogens is 2. The van der Waals surface area contributed by atoms with Gasteiger partial charge in [0.2, 0.25) is 0 Å². The van der Waals surface area contributed by atoms with Gasteiger partial charge < -0.3 is 4.90 Å². The van der Waals surface area contributed by atoms with E-state index >= 15 is 0 Å². The van der Waals surface area contributed by atoms with Crippen molar-refractivity contribution in [1.29, 1.82) is 0 Å². The van der Waals surface area contributed by atoms with Gasteiger partial charge in [-0.15, -0.1) is 0 Å². The van der Waals surface area contributed by atoms with E-state index in [9.17, 15) is 18.5 Å². The van der Waals surface area contributed by atoms with Gasteiger partial charge in [0, 0.05) is 56.0 Å². The molecule has 25 heavy (non-hydrogen) atoms. The summed E-state index contributed by atoms with van der Waals surface area (Å²) in [5.74, 6) is 0.413. The second-order valence-electron chi connectivity index (χ2n) is 6.32. The van der Waals surface area contributed by atoms with Crippen LogP contribution in [0.1, 0.15) is 24.5 Å². The summed E-state index contributed by atoms with van der Waals surface area (Å²) in [6.07, 6.45) is 4.62. The topological polar surface area (TPSA) is 98.3 Å². The summed E-state index contributed by atoms with van der Waals surface area (Å²) < 4.78 is 25.7. The van der Waals surface area contributed by atoms with Crippen LogP contribution in [0, 0.1) is 10.1 Å². The predicted molar refractivity (Wildman–Crippen MR) is 93.6 cm³/mol. The fraction of sp³-hybridized carbons (Fsp3) is 0.438. The van der Waals surface area contributed by atoms with E-state index in [2.05, 4.69) is 10.00 Å². The monoisotopic (exact) mass is 364 g/mol. The van der Waals surface area contributed by atoms with E-state index in [1.54, 1.807) is 12.3 Å². The number of sulfone groups is 1. The minimum atomic E-state index is -3.67. The first-order chi connectivity index (χ1) is 11.8. The number of rotatable bonds is 4.